The SMILES string of the molecule is CC1CCC(C2(N)CCCC(C(C)C)CC2)CC1. The molecule has 2 atom stereocenters. The Morgan fingerprint density at radius 2 is 1.61 bits per heavy atom. The van der Waals surface area contributed by atoms with Crippen LogP contribution in [-0.4, -0.2) is 5.54 Å². The van der Waals surface area contributed by atoms with Crippen molar-refractivity contribution in [2.45, 2.75) is 84.1 Å². The lowest BCUT2D eigenvalue weighted by molar-refractivity contribution is 0.158. The summed E-state index contributed by atoms with van der Waals surface area (Å²) in [4.78, 5) is 0. The molecule has 0 aromatic rings. The largest absolute Gasteiger partial charge is 0.325 e. The lowest BCUT2D eigenvalue weighted by atomic mass is 9.69. The molecule has 0 radical (unpaired) electrons. The summed E-state index contributed by atoms with van der Waals surface area (Å²) >= 11 is 0. The summed E-state index contributed by atoms with van der Waals surface area (Å²) in [6, 6.07) is 0. The fraction of sp³-hybridized carbons (Fsp3) is 1.00. The Morgan fingerprint density at radius 1 is 0.944 bits per heavy atom. The van der Waals surface area contributed by atoms with Gasteiger partial charge in [-0.15, -0.1) is 0 Å². The van der Waals surface area contributed by atoms with Crippen molar-refractivity contribution in [2.75, 3.05) is 0 Å². The maximum Gasteiger partial charge on any atom is 0.0183 e. The van der Waals surface area contributed by atoms with E-state index in [2.05, 4.69) is 20.8 Å². The highest BCUT2D eigenvalue weighted by molar-refractivity contribution is 4.95. The summed E-state index contributed by atoms with van der Waals surface area (Å²) < 4.78 is 0. The van der Waals surface area contributed by atoms with E-state index in [9.17, 15) is 0 Å². The van der Waals surface area contributed by atoms with Crippen LogP contribution in [0.2, 0.25) is 0 Å². The van der Waals surface area contributed by atoms with E-state index in [-0.39, 0.29) is 5.54 Å². The number of nitrogens with two attached hydrogens (primary N) is 1. The number of hydrogen-bond acceptors (Lipinski definition) is 1. The topological polar surface area (TPSA) is 26.0 Å². The van der Waals surface area contributed by atoms with Crippen molar-refractivity contribution < 1.29 is 0 Å². The van der Waals surface area contributed by atoms with Crippen LogP contribution < -0.4 is 5.73 Å². The Balaban J connectivity index is 1.94. The summed E-state index contributed by atoms with van der Waals surface area (Å²) in [5.41, 5.74) is 7.03. The third-order valence-electron chi connectivity index (χ3n) is 5.97. The molecule has 2 saturated carbocycles. The molecule has 0 heterocycles. The fourth-order valence-corrected chi connectivity index (χ4v) is 4.33. The molecule has 0 saturated heterocycles. The van der Waals surface area contributed by atoms with Gasteiger partial charge in [0.1, 0.15) is 0 Å². The molecular formula is C17H33N. The third-order valence-corrected chi connectivity index (χ3v) is 5.97. The first-order valence-electron chi connectivity index (χ1n) is 8.30. The predicted octanol–water partition coefficient (Wildman–Crippen LogP) is 4.75. The van der Waals surface area contributed by atoms with Gasteiger partial charge in [0.25, 0.3) is 0 Å². The first-order valence-corrected chi connectivity index (χ1v) is 8.30. The van der Waals surface area contributed by atoms with Gasteiger partial charge in [-0.25, -0.2) is 0 Å². The van der Waals surface area contributed by atoms with Gasteiger partial charge in [0, 0.05) is 5.54 Å². The molecule has 2 aliphatic carbocycles. The van der Waals surface area contributed by atoms with Crippen LogP contribution in [0.4, 0.5) is 0 Å². The van der Waals surface area contributed by atoms with Gasteiger partial charge >= 0.3 is 0 Å². The first-order chi connectivity index (χ1) is 8.51. The minimum Gasteiger partial charge on any atom is -0.325 e. The van der Waals surface area contributed by atoms with E-state index in [1.54, 1.807) is 0 Å². The molecule has 0 spiro atoms. The Bertz CT molecular complexity index is 252. The van der Waals surface area contributed by atoms with Crippen molar-refractivity contribution >= 4 is 0 Å². The molecule has 2 aliphatic rings. The molecule has 106 valence electrons. The average molecular weight is 251 g/mol. The molecule has 18 heavy (non-hydrogen) atoms. The zero-order chi connectivity index (χ0) is 13.2. The van der Waals surface area contributed by atoms with Crippen LogP contribution in [0.5, 0.6) is 0 Å². The van der Waals surface area contributed by atoms with E-state index >= 15 is 0 Å². The van der Waals surface area contributed by atoms with Gasteiger partial charge in [-0.1, -0.05) is 46.5 Å². The summed E-state index contributed by atoms with van der Waals surface area (Å²) in [6.07, 6.45) is 12.3. The highest BCUT2D eigenvalue weighted by atomic mass is 14.8. The van der Waals surface area contributed by atoms with Crippen LogP contribution >= 0.6 is 0 Å². The van der Waals surface area contributed by atoms with Crippen molar-refractivity contribution in [1.29, 1.82) is 0 Å². The molecule has 1 nitrogen and oxygen atoms in total. The van der Waals surface area contributed by atoms with Crippen molar-refractivity contribution in [3.8, 4) is 0 Å². The van der Waals surface area contributed by atoms with Crippen LogP contribution in [0.15, 0.2) is 0 Å². The van der Waals surface area contributed by atoms with Gasteiger partial charge in [0.05, 0.1) is 0 Å². The Kier molecular flexibility index (Phi) is 4.75. The highest BCUT2D eigenvalue weighted by Crippen LogP contribution is 2.42. The second-order valence-corrected chi connectivity index (χ2v) is 7.62. The summed E-state index contributed by atoms with van der Waals surface area (Å²) in [5.74, 6) is 3.54. The predicted molar refractivity (Wildman–Crippen MR) is 79.5 cm³/mol. The van der Waals surface area contributed by atoms with Gasteiger partial charge in [-0.05, 0) is 55.8 Å². The molecule has 1 heteroatoms. The van der Waals surface area contributed by atoms with Gasteiger partial charge < -0.3 is 5.73 Å². The minimum absolute atomic E-state index is 0.184. The second kappa shape index (κ2) is 5.94. The summed E-state index contributed by atoms with van der Waals surface area (Å²) in [5, 5.41) is 0. The van der Waals surface area contributed by atoms with E-state index in [4.69, 9.17) is 5.73 Å². The van der Waals surface area contributed by atoms with E-state index in [1.807, 2.05) is 0 Å². The quantitative estimate of drug-likeness (QED) is 0.704. The zero-order valence-electron chi connectivity index (χ0n) is 12.8. The molecule has 0 aromatic carbocycles. The monoisotopic (exact) mass is 251 g/mol. The van der Waals surface area contributed by atoms with Crippen LogP contribution in [0, 0.1) is 23.7 Å². The Labute approximate surface area is 114 Å². The van der Waals surface area contributed by atoms with Gasteiger partial charge in [-0.2, -0.15) is 0 Å². The molecule has 2 fully saturated rings. The molecule has 2 N–H and O–H groups in total. The van der Waals surface area contributed by atoms with Crippen molar-refractivity contribution in [3.63, 3.8) is 0 Å². The molecule has 0 aromatic heterocycles. The van der Waals surface area contributed by atoms with E-state index in [0.29, 0.717) is 0 Å². The van der Waals surface area contributed by atoms with E-state index in [1.165, 1.54) is 57.8 Å². The summed E-state index contributed by atoms with van der Waals surface area (Å²) in [7, 11) is 0. The third kappa shape index (κ3) is 3.29. The average Bonchev–Trinajstić information content (AvgIpc) is 2.53. The molecule has 0 bridgehead atoms. The highest BCUT2D eigenvalue weighted by Gasteiger charge is 2.38. The van der Waals surface area contributed by atoms with Crippen LogP contribution in [0.3, 0.4) is 0 Å². The van der Waals surface area contributed by atoms with Crippen molar-refractivity contribution in [2.24, 2.45) is 29.4 Å². The number of hydrogen-bond donors (Lipinski definition) is 1. The zero-order valence-corrected chi connectivity index (χ0v) is 12.8. The van der Waals surface area contributed by atoms with Gasteiger partial charge in [-0.3, -0.25) is 0 Å². The summed E-state index contributed by atoms with van der Waals surface area (Å²) in [6.45, 7) is 7.17. The van der Waals surface area contributed by atoms with Crippen LogP contribution in [0.1, 0.15) is 78.6 Å². The molecular weight excluding hydrogens is 218 g/mol. The van der Waals surface area contributed by atoms with Crippen LogP contribution in [-0.2, 0) is 0 Å². The first kappa shape index (κ1) is 14.4. The van der Waals surface area contributed by atoms with E-state index in [0.717, 1.165) is 23.7 Å². The maximum absolute atomic E-state index is 6.84. The second-order valence-electron chi connectivity index (χ2n) is 7.62. The standard InChI is InChI=1S/C17H33N/c1-13(2)15-5-4-11-17(18,12-10-15)16-8-6-14(3)7-9-16/h13-16H,4-12,18H2,1-3H3. The van der Waals surface area contributed by atoms with Crippen LogP contribution in [0.25, 0.3) is 0 Å². The Hall–Kier alpha value is -0.0400. The lowest BCUT2D eigenvalue weighted by Crippen LogP contribution is -2.48. The Morgan fingerprint density at radius 3 is 2.22 bits per heavy atom. The normalized spacial score (nSPS) is 42.8. The number of rotatable bonds is 2. The van der Waals surface area contributed by atoms with Crippen molar-refractivity contribution in [3.05, 3.63) is 0 Å². The lowest BCUT2D eigenvalue weighted by Gasteiger charge is -2.41. The fourth-order valence-electron chi connectivity index (χ4n) is 4.33. The molecule has 2 unspecified atom stereocenters. The van der Waals surface area contributed by atoms with Gasteiger partial charge in [0.15, 0.2) is 0 Å². The maximum atomic E-state index is 6.84. The molecule has 0 aliphatic heterocycles. The van der Waals surface area contributed by atoms with E-state index < -0.39 is 0 Å². The smallest absolute Gasteiger partial charge is 0.0183 e. The van der Waals surface area contributed by atoms with Gasteiger partial charge in [0.2, 0.25) is 0 Å². The molecule has 2 rings (SSSR count). The van der Waals surface area contributed by atoms with Crippen molar-refractivity contribution in [1.82, 2.24) is 0 Å². The molecule has 0 amide bonds. The minimum atomic E-state index is 0.184.